The molecule has 1 aliphatic heterocycles. The van der Waals surface area contributed by atoms with Crippen LogP contribution in [0.4, 0.5) is 26.3 Å². The number of ether oxygens (including phenoxy) is 3. The van der Waals surface area contributed by atoms with Gasteiger partial charge >= 0.3 is 30.3 Å². The van der Waals surface area contributed by atoms with Gasteiger partial charge in [0, 0.05) is 11.8 Å². The van der Waals surface area contributed by atoms with Gasteiger partial charge in [-0.2, -0.15) is 26.3 Å². The Morgan fingerprint density at radius 1 is 1.23 bits per heavy atom. The molecule has 3 fully saturated rings. The van der Waals surface area contributed by atoms with Crippen LogP contribution in [0.5, 0.6) is 0 Å². The van der Waals surface area contributed by atoms with E-state index >= 15 is 0 Å². The van der Waals surface area contributed by atoms with Gasteiger partial charge in [0.25, 0.3) is 6.10 Å². The Hall–Kier alpha value is -1.28. The van der Waals surface area contributed by atoms with Crippen LogP contribution in [0.2, 0.25) is 0 Å². The molecule has 2 saturated carbocycles. The molecule has 2 bridgehead atoms. The summed E-state index contributed by atoms with van der Waals surface area (Å²) in [5.41, 5.74) is -2.26. The van der Waals surface area contributed by atoms with Gasteiger partial charge in [-0.1, -0.05) is 29.5 Å². The molecule has 0 radical (unpaired) electrons. The number of fused-ring (bicyclic) bond motifs is 1. The largest absolute Gasteiger partial charge is 0.457 e. The summed E-state index contributed by atoms with van der Waals surface area (Å²) < 4.78 is 90.1. The van der Waals surface area contributed by atoms with E-state index < -0.39 is 75.7 Å². The van der Waals surface area contributed by atoms with Gasteiger partial charge in [-0.3, -0.25) is 14.4 Å². The SMILES string of the molecule is CCC(C)(I)C(=O)OC1C2CC3C1OC(=O)C3(C(=O)OC(C(F)(F)F)C(F)(F)F)C2. The molecule has 0 aromatic carbocycles. The van der Waals surface area contributed by atoms with E-state index in [0.717, 1.165) is 0 Å². The maximum atomic E-state index is 12.8. The molecule has 0 aromatic rings. The highest BCUT2D eigenvalue weighted by Gasteiger charge is 2.76. The summed E-state index contributed by atoms with van der Waals surface area (Å²) in [5, 5.41) is 0. The first-order chi connectivity index (χ1) is 13.6. The zero-order chi connectivity index (χ0) is 22.9. The lowest BCUT2D eigenvalue weighted by Gasteiger charge is -2.33. The normalized spacial score (nSPS) is 34.7. The molecule has 30 heavy (non-hydrogen) atoms. The van der Waals surface area contributed by atoms with Crippen molar-refractivity contribution in [1.29, 1.82) is 0 Å². The van der Waals surface area contributed by atoms with Crippen molar-refractivity contribution in [3.05, 3.63) is 0 Å². The van der Waals surface area contributed by atoms with Gasteiger partial charge in [0.05, 0.1) is 0 Å². The fourth-order valence-corrected chi connectivity index (χ4v) is 4.48. The number of rotatable bonds is 5. The molecule has 0 spiro atoms. The Balaban J connectivity index is 1.81. The fraction of sp³-hybridized carbons (Fsp3) is 0.824. The molecule has 0 amide bonds. The molecule has 6 unspecified atom stereocenters. The van der Waals surface area contributed by atoms with E-state index in [1.165, 1.54) is 0 Å². The molecule has 2 aliphatic carbocycles. The maximum Gasteiger partial charge on any atom is 0.434 e. The molecule has 3 rings (SSSR count). The minimum absolute atomic E-state index is 0.0796. The fourth-order valence-electron chi connectivity index (χ4n) is 4.35. The van der Waals surface area contributed by atoms with Crippen molar-refractivity contribution in [2.45, 2.75) is 67.2 Å². The van der Waals surface area contributed by atoms with Crippen LogP contribution >= 0.6 is 22.6 Å². The van der Waals surface area contributed by atoms with Gasteiger partial charge in [0.2, 0.25) is 0 Å². The highest BCUT2D eigenvalue weighted by atomic mass is 127. The molecular weight excluding hydrogens is 541 g/mol. The molecule has 1 saturated heterocycles. The summed E-state index contributed by atoms with van der Waals surface area (Å²) in [7, 11) is 0. The first kappa shape index (κ1) is 23.4. The van der Waals surface area contributed by atoms with Crippen LogP contribution in [0, 0.1) is 17.3 Å². The number of carbonyl (C=O) groups excluding carboxylic acids is 3. The minimum Gasteiger partial charge on any atom is -0.457 e. The first-order valence-electron chi connectivity index (χ1n) is 9.01. The van der Waals surface area contributed by atoms with Crippen molar-refractivity contribution < 1.29 is 54.9 Å². The second-order valence-electron chi connectivity index (χ2n) is 7.94. The Labute approximate surface area is 180 Å². The molecule has 13 heteroatoms. The Morgan fingerprint density at radius 2 is 1.80 bits per heavy atom. The van der Waals surface area contributed by atoms with Gasteiger partial charge in [-0.05, 0) is 26.2 Å². The molecule has 170 valence electrons. The van der Waals surface area contributed by atoms with E-state index in [1.807, 2.05) is 22.6 Å². The first-order valence-corrected chi connectivity index (χ1v) is 10.1. The monoisotopic (exact) mass is 558 g/mol. The smallest absolute Gasteiger partial charge is 0.434 e. The predicted octanol–water partition coefficient (Wildman–Crippen LogP) is 3.49. The van der Waals surface area contributed by atoms with Crippen molar-refractivity contribution in [1.82, 2.24) is 0 Å². The lowest BCUT2D eigenvalue weighted by atomic mass is 9.73. The lowest BCUT2D eigenvalue weighted by Crippen LogP contribution is -2.51. The van der Waals surface area contributed by atoms with E-state index in [4.69, 9.17) is 9.47 Å². The van der Waals surface area contributed by atoms with Gasteiger partial charge in [-0.15, -0.1) is 0 Å². The topological polar surface area (TPSA) is 78.9 Å². The van der Waals surface area contributed by atoms with Gasteiger partial charge in [0.15, 0.2) is 5.41 Å². The van der Waals surface area contributed by atoms with E-state index in [2.05, 4.69) is 4.74 Å². The Morgan fingerprint density at radius 3 is 2.30 bits per heavy atom. The highest BCUT2D eigenvalue weighted by molar-refractivity contribution is 14.1. The molecule has 6 nitrogen and oxygen atoms in total. The van der Waals surface area contributed by atoms with Gasteiger partial charge in [-0.25, -0.2) is 0 Å². The number of hydrogen-bond donors (Lipinski definition) is 0. The van der Waals surface area contributed by atoms with Crippen molar-refractivity contribution in [2.75, 3.05) is 0 Å². The third kappa shape index (κ3) is 3.53. The Kier molecular flexibility index (Phi) is 5.55. The average molecular weight is 558 g/mol. The maximum absolute atomic E-state index is 12.8. The van der Waals surface area contributed by atoms with E-state index in [0.29, 0.717) is 6.42 Å². The Bertz CT molecular complexity index is 751. The summed E-state index contributed by atoms with van der Waals surface area (Å²) in [6.45, 7) is 3.38. The summed E-state index contributed by atoms with van der Waals surface area (Å²) in [5.74, 6) is -5.40. The molecule has 6 atom stereocenters. The van der Waals surface area contributed by atoms with Crippen molar-refractivity contribution in [3.8, 4) is 0 Å². The molecule has 3 aliphatic rings. The van der Waals surface area contributed by atoms with Crippen LogP contribution in [-0.2, 0) is 28.6 Å². The quantitative estimate of drug-likeness (QED) is 0.129. The molecule has 1 heterocycles. The highest BCUT2D eigenvalue weighted by Crippen LogP contribution is 2.63. The standard InChI is InChI=1S/C17H17F6IO6/c1-3-14(2,24)11(25)28-8-6-4-7-9(8)29-12(26)15(7,5-6)13(27)30-10(16(18,19)20)17(21,22)23/h6-10H,3-5H2,1-2H3. The molecule has 0 N–H and O–H groups in total. The summed E-state index contributed by atoms with van der Waals surface area (Å²) in [6.07, 6.45) is -18.1. The van der Waals surface area contributed by atoms with E-state index in [1.54, 1.807) is 13.8 Å². The second kappa shape index (κ2) is 7.12. The van der Waals surface area contributed by atoms with Gasteiger partial charge < -0.3 is 14.2 Å². The lowest BCUT2D eigenvalue weighted by molar-refractivity contribution is -0.315. The summed E-state index contributed by atoms with van der Waals surface area (Å²) in [6, 6.07) is 0. The summed E-state index contributed by atoms with van der Waals surface area (Å²) in [4.78, 5) is 37.2. The second-order valence-corrected chi connectivity index (χ2v) is 10.3. The van der Waals surface area contributed by atoms with Crippen LogP contribution in [0.1, 0.15) is 33.1 Å². The van der Waals surface area contributed by atoms with Gasteiger partial charge in [0.1, 0.15) is 15.6 Å². The zero-order valence-electron chi connectivity index (χ0n) is 15.6. The number of carbonyl (C=O) groups is 3. The van der Waals surface area contributed by atoms with Crippen molar-refractivity contribution >= 4 is 40.5 Å². The van der Waals surface area contributed by atoms with Crippen LogP contribution in [-0.4, -0.2) is 52.0 Å². The van der Waals surface area contributed by atoms with E-state index in [-0.39, 0.29) is 6.42 Å². The third-order valence-corrected chi connectivity index (χ3v) is 7.29. The number of esters is 3. The molecule has 0 aromatic heterocycles. The van der Waals surface area contributed by atoms with Crippen LogP contribution in [0.3, 0.4) is 0 Å². The van der Waals surface area contributed by atoms with Crippen LogP contribution in [0.25, 0.3) is 0 Å². The number of alkyl halides is 7. The molecular formula is C17H17F6IO6. The van der Waals surface area contributed by atoms with Crippen molar-refractivity contribution in [3.63, 3.8) is 0 Å². The average Bonchev–Trinajstić information content (AvgIpc) is 3.19. The van der Waals surface area contributed by atoms with E-state index in [9.17, 15) is 40.7 Å². The minimum atomic E-state index is -5.90. The van der Waals surface area contributed by atoms with Crippen molar-refractivity contribution in [2.24, 2.45) is 17.3 Å². The van der Waals surface area contributed by atoms with Crippen LogP contribution < -0.4 is 0 Å². The zero-order valence-corrected chi connectivity index (χ0v) is 17.8. The van der Waals surface area contributed by atoms with Crippen LogP contribution in [0.15, 0.2) is 0 Å². The number of hydrogen-bond acceptors (Lipinski definition) is 6. The summed E-state index contributed by atoms with van der Waals surface area (Å²) >= 11 is 1.89. The number of halogens is 7. The predicted molar refractivity (Wildman–Crippen MR) is 93.1 cm³/mol. The third-order valence-electron chi connectivity index (χ3n) is 6.08.